The molecule has 0 spiro atoms. The smallest absolute Gasteiger partial charge is 0.339 e. The van der Waals surface area contributed by atoms with Crippen LogP contribution in [0.25, 0.3) is 11.1 Å². The van der Waals surface area contributed by atoms with Crippen molar-refractivity contribution < 1.29 is 27.3 Å². The van der Waals surface area contributed by atoms with Crippen LogP contribution in [0.2, 0.25) is 0 Å². The molecule has 1 aliphatic heterocycles. The van der Waals surface area contributed by atoms with E-state index in [9.17, 15) is 18.0 Å². The summed E-state index contributed by atoms with van der Waals surface area (Å²) in [5.41, 5.74) is 1.54. The monoisotopic (exact) mass is 423 g/mol. The molecule has 0 bridgehead atoms. The molecular weight excluding hydrogens is 398 g/mol. The fourth-order valence-electron chi connectivity index (χ4n) is 3.53. The molecule has 3 heterocycles. The van der Waals surface area contributed by atoms with Gasteiger partial charge in [-0.3, -0.25) is 4.79 Å². The van der Waals surface area contributed by atoms with Gasteiger partial charge >= 0.3 is 5.97 Å². The van der Waals surface area contributed by atoms with E-state index in [1.165, 1.54) is 0 Å². The SMILES string of the molecule is CCCCN(C(=O)COC(=O)c1cc(C)nc2onc(C)c12)C1CCS(=O)(=O)C1. The van der Waals surface area contributed by atoms with E-state index in [-0.39, 0.29) is 28.8 Å². The third kappa shape index (κ3) is 4.75. The Kier molecular flexibility index (Phi) is 6.21. The minimum absolute atomic E-state index is 0.0412. The van der Waals surface area contributed by atoms with E-state index >= 15 is 0 Å². The van der Waals surface area contributed by atoms with Crippen molar-refractivity contribution in [1.29, 1.82) is 0 Å². The minimum atomic E-state index is -3.13. The standard InChI is InChI=1S/C19H25N3O6S/c1-4-5-7-22(14-6-8-29(25,26)11-14)16(23)10-27-19(24)15-9-12(2)20-18-17(15)13(3)21-28-18/h9,14H,4-8,10-11H2,1-3H3. The zero-order valence-corrected chi connectivity index (χ0v) is 17.6. The molecule has 1 fully saturated rings. The molecular formula is C19H25N3O6S. The van der Waals surface area contributed by atoms with Gasteiger partial charge in [-0.2, -0.15) is 0 Å². The van der Waals surface area contributed by atoms with Crippen LogP contribution in [0, 0.1) is 13.8 Å². The van der Waals surface area contributed by atoms with E-state index in [0.29, 0.717) is 29.7 Å². The second-order valence-electron chi connectivity index (χ2n) is 7.33. The van der Waals surface area contributed by atoms with Gasteiger partial charge in [0.2, 0.25) is 0 Å². The number of amides is 1. The Hall–Kier alpha value is -2.49. The van der Waals surface area contributed by atoms with Gasteiger partial charge in [0.1, 0.15) is 0 Å². The van der Waals surface area contributed by atoms with Gasteiger partial charge in [0, 0.05) is 18.3 Å². The quantitative estimate of drug-likeness (QED) is 0.619. The molecule has 29 heavy (non-hydrogen) atoms. The number of ether oxygens (including phenoxy) is 1. The van der Waals surface area contributed by atoms with Crippen molar-refractivity contribution in [3.63, 3.8) is 0 Å². The summed E-state index contributed by atoms with van der Waals surface area (Å²) < 4.78 is 34.0. The maximum absolute atomic E-state index is 12.7. The number of aryl methyl sites for hydroxylation is 2. The number of pyridine rings is 1. The minimum Gasteiger partial charge on any atom is -0.452 e. The molecule has 158 valence electrons. The van der Waals surface area contributed by atoms with E-state index in [0.717, 1.165) is 12.8 Å². The molecule has 10 heteroatoms. The Bertz CT molecular complexity index is 1030. The summed E-state index contributed by atoms with van der Waals surface area (Å²) in [7, 11) is -3.13. The average molecular weight is 423 g/mol. The third-order valence-corrected chi connectivity index (χ3v) is 6.76. The van der Waals surface area contributed by atoms with Gasteiger partial charge in [0.05, 0.1) is 28.1 Å². The number of aromatic nitrogens is 2. The van der Waals surface area contributed by atoms with Crippen LogP contribution in [0.1, 0.15) is 47.9 Å². The Morgan fingerprint density at radius 2 is 2.10 bits per heavy atom. The Balaban J connectivity index is 1.73. The Morgan fingerprint density at radius 3 is 2.76 bits per heavy atom. The van der Waals surface area contributed by atoms with Gasteiger partial charge < -0.3 is 14.2 Å². The van der Waals surface area contributed by atoms with Crippen LogP contribution in [-0.4, -0.2) is 66.0 Å². The van der Waals surface area contributed by atoms with Gasteiger partial charge in [0.15, 0.2) is 16.4 Å². The molecule has 0 N–H and O–H groups in total. The number of nitrogens with zero attached hydrogens (tertiary/aromatic N) is 3. The lowest BCUT2D eigenvalue weighted by atomic mass is 10.1. The fraction of sp³-hybridized carbons (Fsp3) is 0.579. The first-order valence-corrected chi connectivity index (χ1v) is 11.4. The lowest BCUT2D eigenvalue weighted by molar-refractivity contribution is -0.136. The second-order valence-corrected chi connectivity index (χ2v) is 9.56. The average Bonchev–Trinajstić information content (AvgIpc) is 3.21. The lowest BCUT2D eigenvalue weighted by Gasteiger charge is -2.28. The Labute approximate surface area is 169 Å². The first kappa shape index (κ1) is 21.2. The fourth-order valence-corrected chi connectivity index (χ4v) is 5.26. The van der Waals surface area contributed by atoms with Crippen molar-refractivity contribution in [2.24, 2.45) is 0 Å². The van der Waals surface area contributed by atoms with Gasteiger partial charge in [-0.15, -0.1) is 0 Å². The van der Waals surface area contributed by atoms with Crippen molar-refractivity contribution in [3.8, 4) is 0 Å². The zero-order chi connectivity index (χ0) is 21.2. The maximum atomic E-state index is 12.7. The molecule has 1 aliphatic rings. The number of carbonyl (C=O) groups is 2. The van der Waals surface area contributed by atoms with Crippen LogP contribution in [0.3, 0.4) is 0 Å². The highest BCUT2D eigenvalue weighted by molar-refractivity contribution is 7.91. The predicted molar refractivity (Wildman–Crippen MR) is 105 cm³/mol. The van der Waals surface area contributed by atoms with Gasteiger partial charge in [-0.1, -0.05) is 18.5 Å². The van der Waals surface area contributed by atoms with E-state index in [2.05, 4.69) is 10.1 Å². The lowest BCUT2D eigenvalue weighted by Crippen LogP contribution is -2.43. The molecule has 2 aromatic heterocycles. The number of hydrogen-bond donors (Lipinski definition) is 0. The van der Waals surface area contributed by atoms with Crippen LogP contribution in [-0.2, 0) is 19.4 Å². The summed E-state index contributed by atoms with van der Waals surface area (Å²) in [4.78, 5) is 31.1. The van der Waals surface area contributed by atoms with Crippen LogP contribution in [0.4, 0.5) is 0 Å². The number of fused-ring (bicyclic) bond motifs is 1. The molecule has 1 unspecified atom stereocenters. The zero-order valence-electron chi connectivity index (χ0n) is 16.8. The third-order valence-electron chi connectivity index (χ3n) is 5.01. The summed E-state index contributed by atoms with van der Waals surface area (Å²) in [5.74, 6) is -1.03. The molecule has 0 aromatic carbocycles. The number of unbranched alkanes of at least 4 members (excludes halogenated alkanes) is 1. The largest absolute Gasteiger partial charge is 0.452 e. The molecule has 9 nitrogen and oxygen atoms in total. The molecule has 3 rings (SSSR count). The highest BCUT2D eigenvalue weighted by Gasteiger charge is 2.34. The van der Waals surface area contributed by atoms with Crippen molar-refractivity contribution in [1.82, 2.24) is 15.0 Å². The van der Waals surface area contributed by atoms with Gasteiger partial charge in [-0.05, 0) is 32.8 Å². The van der Waals surface area contributed by atoms with Crippen LogP contribution in [0.5, 0.6) is 0 Å². The van der Waals surface area contributed by atoms with Crippen molar-refractivity contribution in [2.45, 2.75) is 46.1 Å². The molecule has 0 saturated carbocycles. The molecule has 1 atom stereocenters. The number of hydrogen-bond acceptors (Lipinski definition) is 8. The molecule has 1 amide bonds. The normalized spacial score (nSPS) is 18.1. The molecule has 1 saturated heterocycles. The summed E-state index contributed by atoms with van der Waals surface area (Å²) >= 11 is 0. The number of esters is 1. The van der Waals surface area contributed by atoms with Crippen LogP contribution < -0.4 is 0 Å². The topological polar surface area (TPSA) is 120 Å². The maximum Gasteiger partial charge on any atom is 0.339 e. The van der Waals surface area contributed by atoms with E-state index < -0.39 is 28.3 Å². The van der Waals surface area contributed by atoms with Crippen molar-refractivity contribution in [2.75, 3.05) is 24.7 Å². The van der Waals surface area contributed by atoms with Gasteiger partial charge in [-0.25, -0.2) is 18.2 Å². The summed E-state index contributed by atoms with van der Waals surface area (Å²) in [6, 6.07) is 1.20. The summed E-state index contributed by atoms with van der Waals surface area (Å²) in [6.45, 7) is 5.39. The molecule has 0 aliphatic carbocycles. The van der Waals surface area contributed by atoms with E-state index in [1.807, 2.05) is 6.92 Å². The molecule has 0 radical (unpaired) electrons. The van der Waals surface area contributed by atoms with Crippen molar-refractivity contribution in [3.05, 3.63) is 23.0 Å². The number of sulfone groups is 1. The number of rotatable bonds is 7. The highest BCUT2D eigenvalue weighted by atomic mass is 32.2. The van der Waals surface area contributed by atoms with Crippen LogP contribution >= 0.6 is 0 Å². The predicted octanol–water partition coefficient (Wildman–Crippen LogP) is 1.81. The van der Waals surface area contributed by atoms with Crippen LogP contribution in [0.15, 0.2) is 10.6 Å². The highest BCUT2D eigenvalue weighted by Crippen LogP contribution is 2.23. The number of carbonyl (C=O) groups excluding carboxylic acids is 2. The van der Waals surface area contributed by atoms with E-state index in [4.69, 9.17) is 9.26 Å². The summed E-state index contributed by atoms with van der Waals surface area (Å²) in [5, 5.41) is 4.28. The van der Waals surface area contributed by atoms with Gasteiger partial charge in [0.25, 0.3) is 11.6 Å². The second kappa shape index (κ2) is 8.48. The first-order valence-electron chi connectivity index (χ1n) is 9.62. The first-order chi connectivity index (χ1) is 13.7. The van der Waals surface area contributed by atoms with E-state index in [1.54, 1.807) is 24.8 Å². The molecule has 2 aromatic rings. The summed E-state index contributed by atoms with van der Waals surface area (Å²) in [6.07, 6.45) is 2.03. The Morgan fingerprint density at radius 1 is 1.34 bits per heavy atom. The van der Waals surface area contributed by atoms with Crippen molar-refractivity contribution >= 4 is 32.8 Å².